The average molecular weight is 509 g/mol. The van der Waals surface area contributed by atoms with Crippen molar-refractivity contribution in [2.45, 2.75) is 38.8 Å². The van der Waals surface area contributed by atoms with Crippen molar-refractivity contribution in [3.05, 3.63) is 53.7 Å². The molecule has 0 radical (unpaired) electrons. The second-order valence-electron chi connectivity index (χ2n) is 7.05. The molecule has 0 aliphatic carbocycles. The van der Waals surface area contributed by atoms with E-state index >= 15 is 0 Å². The van der Waals surface area contributed by atoms with Gasteiger partial charge in [-0.2, -0.15) is 0 Å². The Kier molecular flexibility index (Phi) is 10.0. The van der Waals surface area contributed by atoms with E-state index < -0.39 is 0 Å². The first-order valence-corrected chi connectivity index (χ1v) is 10.1. The molecule has 0 spiro atoms. The summed E-state index contributed by atoms with van der Waals surface area (Å²) in [6, 6.07) is 12.3. The smallest absolute Gasteiger partial charge is 0.191 e. The monoisotopic (exact) mass is 509 g/mol. The first-order valence-electron chi connectivity index (χ1n) is 10.1. The van der Waals surface area contributed by atoms with Gasteiger partial charge in [0.25, 0.3) is 0 Å². The maximum Gasteiger partial charge on any atom is 0.191 e. The van der Waals surface area contributed by atoms with Crippen molar-refractivity contribution in [1.82, 2.24) is 15.6 Å². The number of ether oxygens (including phenoxy) is 1. The van der Waals surface area contributed by atoms with Crippen LogP contribution >= 0.6 is 24.0 Å². The Hall–Kier alpha value is -2.03. The zero-order chi connectivity index (χ0) is 19.6. The minimum Gasteiger partial charge on any atom is -0.497 e. The van der Waals surface area contributed by atoms with Crippen molar-refractivity contribution in [3.8, 4) is 5.75 Å². The van der Waals surface area contributed by atoms with E-state index in [0.717, 1.165) is 36.2 Å². The highest BCUT2D eigenvalue weighted by Gasteiger charge is 2.10. The van der Waals surface area contributed by atoms with Gasteiger partial charge in [0.2, 0.25) is 0 Å². The average Bonchev–Trinajstić information content (AvgIpc) is 3.04. The summed E-state index contributed by atoms with van der Waals surface area (Å²) in [5, 5.41) is 6.68. The summed E-state index contributed by atoms with van der Waals surface area (Å²) < 4.78 is 5.19. The first kappa shape index (κ1) is 23.3. The van der Waals surface area contributed by atoms with Gasteiger partial charge in [0.1, 0.15) is 11.6 Å². The molecular formula is C22H32IN5O. The summed E-state index contributed by atoms with van der Waals surface area (Å²) in [5.41, 5.74) is 2.32. The number of aliphatic imine (C=N–C) groups is 1. The molecule has 29 heavy (non-hydrogen) atoms. The molecule has 158 valence electrons. The number of hydrogen-bond donors (Lipinski definition) is 2. The van der Waals surface area contributed by atoms with E-state index in [0.29, 0.717) is 13.1 Å². The summed E-state index contributed by atoms with van der Waals surface area (Å²) in [5.74, 6) is 2.72. The second kappa shape index (κ2) is 12.5. The number of anilines is 1. The fraction of sp³-hybridized carbons (Fsp3) is 0.455. The lowest BCUT2D eigenvalue weighted by molar-refractivity contribution is 0.414. The van der Waals surface area contributed by atoms with Crippen LogP contribution in [0.5, 0.6) is 5.75 Å². The van der Waals surface area contributed by atoms with E-state index in [1.54, 1.807) is 14.2 Å². The lowest BCUT2D eigenvalue weighted by Gasteiger charge is -2.21. The minimum absolute atomic E-state index is 0. The Morgan fingerprint density at radius 2 is 1.59 bits per heavy atom. The van der Waals surface area contributed by atoms with Gasteiger partial charge in [-0.05, 0) is 42.2 Å². The van der Waals surface area contributed by atoms with E-state index in [2.05, 4.69) is 37.6 Å². The van der Waals surface area contributed by atoms with E-state index in [1.165, 1.54) is 31.2 Å². The van der Waals surface area contributed by atoms with Crippen molar-refractivity contribution < 1.29 is 4.74 Å². The third kappa shape index (κ3) is 7.38. The number of hydrogen-bond acceptors (Lipinski definition) is 4. The number of halogens is 1. The molecule has 0 saturated carbocycles. The molecule has 1 aromatic heterocycles. The molecule has 0 unspecified atom stereocenters. The zero-order valence-electron chi connectivity index (χ0n) is 17.4. The van der Waals surface area contributed by atoms with Gasteiger partial charge < -0.3 is 20.3 Å². The quantitative estimate of drug-likeness (QED) is 0.351. The summed E-state index contributed by atoms with van der Waals surface area (Å²) in [4.78, 5) is 11.4. The maximum atomic E-state index is 5.19. The number of pyridine rings is 1. The predicted octanol–water partition coefficient (Wildman–Crippen LogP) is 3.95. The van der Waals surface area contributed by atoms with Gasteiger partial charge in [0.05, 0.1) is 7.11 Å². The lowest BCUT2D eigenvalue weighted by atomic mass is 10.2. The number of aromatic nitrogens is 1. The summed E-state index contributed by atoms with van der Waals surface area (Å²) in [6.45, 7) is 3.63. The van der Waals surface area contributed by atoms with Crippen LogP contribution in [0, 0.1) is 0 Å². The molecule has 0 amide bonds. The minimum atomic E-state index is 0. The highest BCUT2D eigenvalue weighted by Crippen LogP contribution is 2.17. The maximum absolute atomic E-state index is 5.19. The normalized spacial score (nSPS) is 14.6. The molecule has 1 aliphatic rings. The Balaban J connectivity index is 0.00000300. The van der Waals surface area contributed by atoms with Gasteiger partial charge in [0.15, 0.2) is 5.96 Å². The molecule has 0 atom stereocenters. The van der Waals surface area contributed by atoms with Gasteiger partial charge in [0, 0.05) is 39.4 Å². The number of rotatable bonds is 6. The van der Waals surface area contributed by atoms with Crippen LogP contribution in [0.4, 0.5) is 5.82 Å². The van der Waals surface area contributed by atoms with E-state index in [9.17, 15) is 0 Å². The van der Waals surface area contributed by atoms with Crippen LogP contribution in [0.2, 0.25) is 0 Å². The Morgan fingerprint density at radius 1 is 0.966 bits per heavy atom. The molecule has 1 saturated heterocycles. The molecule has 2 heterocycles. The Bertz CT molecular complexity index is 741. The van der Waals surface area contributed by atoms with Crippen molar-refractivity contribution in [1.29, 1.82) is 0 Å². The van der Waals surface area contributed by atoms with Crippen molar-refractivity contribution >= 4 is 35.8 Å². The van der Waals surface area contributed by atoms with Crippen molar-refractivity contribution in [3.63, 3.8) is 0 Å². The number of benzene rings is 1. The predicted molar refractivity (Wildman–Crippen MR) is 130 cm³/mol. The number of methoxy groups -OCH3 is 1. The fourth-order valence-electron chi connectivity index (χ4n) is 3.34. The van der Waals surface area contributed by atoms with Crippen LogP contribution in [0.1, 0.15) is 36.8 Å². The van der Waals surface area contributed by atoms with Crippen LogP contribution in [0.3, 0.4) is 0 Å². The zero-order valence-corrected chi connectivity index (χ0v) is 19.7. The van der Waals surface area contributed by atoms with Crippen molar-refractivity contribution in [2.75, 3.05) is 32.1 Å². The molecule has 7 heteroatoms. The van der Waals surface area contributed by atoms with Gasteiger partial charge >= 0.3 is 0 Å². The SMILES string of the molecule is CN=C(NCc1ccc(OC)cc1)NCc1ccc(N2CCCCCC2)nc1.I. The van der Waals surface area contributed by atoms with Crippen LogP contribution in [-0.2, 0) is 13.1 Å². The van der Waals surface area contributed by atoms with Crippen molar-refractivity contribution in [2.24, 2.45) is 4.99 Å². The van der Waals surface area contributed by atoms with Crippen LogP contribution < -0.4 is 20.3 Å². The Morgan fingerprint density at radius 3 is 2.14 bits per heavy atom. The third-order valence-corrected chi connectivity index (χ3v) is 5.04. The van der Waals surface area contributed by atoms with Gasteiger partial charge in [-0.1, -0.05) is 31.0 Å². The molecule has 3 rings (SSSR count). The highest BCUT2D eigenvalue weighted by atomic mass is 127. The van der Waals surface area contributed by atoms with E-state index in [4.69, 9.17) is 4.74 Å². The van der Waals surface area contributed by atoms with E-state index in [1.807, 2.05) is 30.5 Å². The van der Waals surface area contributed by atoms with Gasteiger partial charge in [-0.15, -0.1) is 24.0 Å². The molecule has 6 nitrogen and oxygen atoms in total. The first-order chi connectivity index (χ1) is 13.8. The number of nitrogens with one attached hydrogen (secondary N) is 2. The molecular weight excluding hydrogens is 477 g/mol. The molecule has 1 aromatic carbocycles. The molecule has 1 aliphatic heterocycles. The Labute approximate surface area is 191 Å². The summed E-state index contributed by atoms with van der Waals surface area (Å²) >= 11 is 0. The topological polar surface area (TPSA) is 61.8 Å². The number of nitrogens with zero attached hydrogens (tertiary/aromatic N) is 3. The standard InChI is InChI=1S/C22H31N5O.HI/c1-23-22(25-15-18-7-10-20(28-2)11-8-18)26-17-19-9-12-21(24-16-19)27-13-5-3-4-6-14-27;/h7-12,16H,3-6,13-15,17H2,1-2H3,(H2,23,25,26);1H. The fourth-order valence-corrected chi connectivity index (χ4v) is 3.34. The van der Waals surface area contributed by atoms with Crippen LogP contribution in [-0.4, -0.2) is 38.2 Å². The second-order valence-corrected chi connectivity index (χ2v) is 7.05. The summed E-state index contributed by atoms with van der Waals surface area (Å²) in [6.07, 6.45) is 7.16. The molecule has 1 fully saturated rings. The molecule has 2 N–H and O–H groups in total. The largest absolute Gasteiger partial charge is 0.497 e. The van der Waals surface area contributed by atoms with Crippen LogP contribution in [0.15, 0.2) is 47.6 Å². The summed E-state index contributed by atoms with van der Waals surface area (Å²) in [7, 11) is 3.46. The molecule has 2 aromatic rings. The number of guanidine groups is 1. The highest BCUT2D eigenvalue weighted by molar-refractivity contribution is 14.0. The van der Waals surface area contributed by atoms with Gasteiger partial charge in [-0.3, -0.25) is 4.99 Å². The van der Waals surface area contributed by atoms with Crippen LogP contribution in [0.25, 0.3) is 0 Å². The third-order valence-electron chi connectivity index (χ3n) is 5.04. The molecule has 0 bridgehead atoms. The van der Waals surface area contributed by atoms with E-state index in [-0.39, 0.29) is 24.0 Å². The lowest BCUT2D eigenvalue weighted by Crippen LogP contribution is -2.36. The van der Waals surface area contributed by atoms with Gasteiger partial charge in [-0.25, -0.2) is 4.98 Å².